The number of amides is 1. The zero-order valence-electron chi connectivity index (χ0n) is 13.0. The van der Waals surface area contributed by atoms with Crippen molar-refractivity contribution < 1.29 is 9.72 Å². The van der Waals surface area contributed by atoms with Crippen LogP contribution >= 0.6 is 0 Å². The summed E-state index contributed by atoms with van der Waals surface area (Å²) >= 11 is 0. The van der Waals surface area contributed by atoms with E-state index >= 15 is 0 Å². The maximum atomic E-state index is 12.4. The van der Waals surface area contributed by atoms with Crippen LogP contribution in [0.25, 0.3) is 0 Å². The van der Waals surface area contributed by atoms with Crippen molar-refractivity contribution >= 4 is 17.4 Å². The van der Waals surface area contributed by atoms with Gasteiger partial charge in [-0.3, -0.25) is 4.79 Å². The number of nitrogens with zero attached hydrogens (tertiary/aromatic N) is 3. The van der Waals surface area contributed by atoms with Gasteiger partial charge >= 0.3 is 5.82 Å². The Morgan fingerprint density at radius 2 is 1.91 bits per heavy atom. The number of benzene rings is 1. The molecule has 0 fully saturated rings. The molecule has 7 nitrogen and oxygen atoms in total. The summed E-state index contributed by atoms with van der Waals surface area (Å²) < 4.78 is 1.36. The monoisotopic (exact) mass is 302 g/mol. The fraction of sp³-hybridized carbons (Fsp3) is 0.333. The molecule has 0 aliphatic heterocycles. The minimum atomic E-state index is -0.646. The Hall–Kier alpha value is -2.70. The normalized spacial score (nSPS) is 12.0. The maximum absolute atomic E-state index is 12.4. The summed E-state index contributed by atoms with van der Waals surface area (Å²) in [6.07, 6.45) is 0. The molecule has 1 aromatic heterocycles. The van der Waals surface area contributed by atoms with Crippen molar-refractivity contribution in [2.45, 2.75) is 33.7 Å². The van der Waals surface area contributed by atoms with Crippen LogP contribution in [-0.2, 0) is 4.79 Å². The zero-order valence-corrected chi connectivity index (χ0v) is 13.0. The molecule has 1 amide bonds. The summed E-state index contributed by atoms with van der Waals surface area (Å²) in [5, 5.41) is 17.5. The van der Waals surface area contributed by atoms with Gasteiger partial charge in [0.1, 0.15) is 6.04 Å². The second kappa shape index (κ2) is 5.97. The molecule has 1 heterocycles. The van der Waals surface area contributed by atoms with Crippen LogP contribution in [0.1, 0.15) is 29.8 Å². The first-order chi connectivity index (χ1) is 10.3. The molecule has 0 saturated carbocycles. The zero-order chi connectivity index (χ0) is 16.4. The van der Waals surface area contributed by atoms with Crippen molar-refractivity contribution in [2.24, 2.45) is 0 Å². The van der Waals surface area contributed by atoms with Crippen LogP contribution in [0.3, 0.4) is 0 Å². The molecule has 1 unspecified atom stereocenters. The SMILES string of the molecule is Cc1cccc(C)c1NC(=O)C(C)n1nc([N+](=O)[O-])cc1C. The summed E-state index contributed by atoms with van der Waals surface area (Å²) in [5.74, 6) is -0.525. The summed E-state index contributed by atoms with van der Waals surface area (Å²) in [6.45, 7) is 7.17. The molecular formula is C15H18N4O3. The lowest BCUT2D eigenvalue weighted by Crippen LogP contribution is -2.26. The highest BCUT2D eigenvalue weighted by Gasteiger charge is 2.25. The smallest absolute Gasteiger partial charge is 0.358 e. The lowest BCUT2D eigenvalue weighted by atomic mass is 10.1. The summed E-state index contributed by atoms with van der Waals surface area (Å²) in [6, 6.07) is 6.45. The van der Waals surface area contributed by atoms with Gasteiger partial charge in [-0.15, -0.1) is 0 Å². The molecule has 116 valence electrons. The predicted octanol–water partition coefficient (Wildman–Crippen LogP) is 2.92. The number of hydrogen-bond donors (Lipinski definition) is 1. The van der Waals surface area contributed by atoms with E-state index in [2.05, 4.69) is 10.4 Å². The number of aryl methyl sites for hydroxylation is 3. The molecule has 2 rings (SSSR count). The third-order valence-corrected chi connectivity index (χ3v) is 3.57. The topological polar surface area (TPSA) is 90.1 Å². The van der Waals surface area contributed by atoms with Gasteiger partial charge in [0.25, 0.3) is 5.91 Å². The highest BCUT2D eigenvalue weighted by Crippen LogP contribution is 2.22. The lowest BCUT2D eigenvalue weighted by molar-refractivity contribution is -0.389. The fourth-order valence-corrected chi connectivity index (χ4v) is 2.30. The molecule has 7 heteroatoms. The number of rotatable bonds is 4. The van der Waals surface area contributed by atoms with Gasteiger partial charge in [-0.05, 0) is 43.7 Å². The van der Waals surface area contributed by atoms with Crippen molar-refractivity contribution in [3.8, 4) is 0 Å². The number of nitro groups is 1. The largest absolute Gasteiger partial charge is 0.390 e. The molecule has 2 aromatic rings. The number of nitrogens with one attached hydrogen (secondary N) is 1. The van der Waals surface area contributed by atoms with Gasteiger partial charge in [0.2, 0.25) is 0 Å². The number of carbonyl (C=O) groups excluding carboxylic acids is 1. The summed E-state index contributed by atoms with van der Waals surface area (Å²) in [4.78, 5) is 22.6. The van der Waals surface area contributed by atoms with Crippen molar-refractivity contribution in [1.82, 2.24) is 9.78 Å². The van der Waals surface area contributed by atoms with E-state index in [-0.39, 0.29) is 11.7 Å². The van der Waals surface area contributed by atoms with Gasteiger partial charge in [-0.2, -0.15) is 4.68 Å². The Morgan fingerprint density at radius 3 is 2.41 bits per heavy atom. The first-order valence-corrected chi connectivity index (χ1v) is 6.89. The number of aromatic nitrogens is 2. The highest BCUT2D eigenvalue weighted by atomic mass is 16.6. The first kappa shape index (κ1) is 15.7. The maximum Gasteiger partial charge on any atom is 0.390 e. The minimum absolute atomic E-state index is 0.260. The fourth-order valence-electron chi connectivity index (χ4n) is 2.30. The third-order valence-electron chi connectivity index (χ3n) is 3.57. The molecule has 0 radical (unpaired) electrons. The van der Waals surface area contributed by atoms with E-state index in [0.717, 1.165) is 16.8 Å². The van der Waals surface area contributed by atoms with E-state index in [4.69, 9.17) is 0 Å². The molecule has 22 heavy (non-hydrogen) atoms. The Balaban J connectivity index is 2.24. The van der Waals surface area contributed by atoms with Crippen LogP contribution in [0.15, 0.2) is 24.3 Å². The Kier molecular flexibility index (Phi) is 4.25. The van der Waals surface area contributed by atoms with Crippen LogP contribution in [0.2, 0.25) is 0 Å². The van der Waals surface area contributed by atoms with Gasteiger partial charge in [0, 0.05) is 5.69 Å². The number of para-hydroxylation sites is 1. The van der Waals surface area contributed by atoms with E-state index < -0.39 is 11.0 Å². The van der Waals surface area contributed by atoms with E-state index in [1.807, 2.05) is 32.0 Å². The van der Waals surface area contributed by atoms with Crippen LogP contribution in [-0.4, -0.2) is 20.6 Å². The molecule has 0 aliphatic rings. The van der Waals surface area contributed by atoms with Gasteiger partial charge in [-0.25, -0.2) is 0 Å². The number of carbonyl (C=O) groups is 1. The van der Waals surface area contributed by atoms with Crippen LogP contribution in [0.5, 0.6) is 0 Å². The van der Waals surface area contributed by atoms with E-state index in [9.17, 15) is 14.9 Å². The van der Waals surface area contributed by atoms with Crippen LogP contribution in [0.4, 0.5) is 11.5 Å². The molecule has 1 N–H and O–H groups in total. The van der Waals surface area contributed by atoms with Crippen molar-refractivity contribution in [2.75, 3.05) is 5.32 Å². The van der Waals surface area contributed by atoms with Gasteiger partial charge in [-0.1, -0.05) is 18.2 Å². The average molecular weight is 302 g/mol. The van der Waals surface area contributed by atoms with Crippen molar-refractivity contribution in [3.63, 3.8) is 0 Å². The molecule has 1 aromatic carbocycles. The van der Waals surface area contributed by atoms with Crippen LogP contribution < -0.4 is 5.32 Å². The third kappa shape index (κ3) is 2.98. The standard InChI is InChI=1S/C15H18N4O3/c1-9-6-5-7-10(2)14(9)16-15(20)12(4)18-11(3)8-13(17-18)19(21)22/h5-8,12H,1-4H3,(H,16,20). The molecule has 0 bridgehead atoms. The highest BCUT2D eigenvalue weighted by molar-refractivity contribution is 5.94. The Bertz CT molecular complexity index is 716. The van der Waals surface area contributed by atoms with E-state index in [0.29, 0.717) is 5.69 Å². The van der Waals surface area contributed by atoms with E-state index in [1.54, 1.807) is 13.8 Å². The van der Waals surface area contributed by atoms with E-state index in [1.165, 1.54) is 10.7 Å². The quantitative estimate of drug-likeness (QED) is 0.694. The average Bonchev–Trinajstić information content (AvgIpc) is 2.84. The van der Waals surface area contributed by atoms with Gasteiger partial charge in [0.15, 0.2) is 0 Å². The van der Waals surface area contributed by atoms with Crippen molar-refractivity contribution in [3.05, 3.63) is 51.2 Å². The molecular weight excluding hydrogens is 284 g/mol. The summed E-state index contributed by atoms with van der Waals surface area (Å²) in [7, 11) is 0. The van der Waals surface area contributed by atoms with Gasteiger partial charge < -0.3 is 15.4 Å². The molecule has 0 aliphatic carbocycles. The second-order valence-corrected chi connectivity index (χ2v) is 5.28. The van der Waals surface area contributed by atoms with Crippen LogP contribution in [0, 0.1) is 30.9 Å². The molecule has 0 saturated heterocycles. The Morgan fingerprint density at radius 1 is 1.32 bits per heavy atom. The number of hydrogen-bond acceptors (Lipinski definition) is 4. The Labute approximate surface area is 128 Å². The first-order valence-electron chi connectivity index (χ1n) is 6.89. The van der Waals surface area contributed by atoms with Crippen molar-refractivity contribution in [1.29, 1.82) is 0 Å². The molecule has 1 atom stereocenters. The summed E-state index contributed by atoms with van der Waals surface area (Å²) in [5.41, 5.74) is 3.25. The predicted molar refractivity (Wildman–Crippen MR) is 82.9 cm³/mol. The molecule has 0 spiro atoms. The lowest BCUT2D eigenvalue weighted by Gasteiger charge is -2.15. The van der Waals surface area contributed by atoms with Gasteiger partial charge in [0.05, 0.1) is 16.9 Å². The second-order valence-electron chi connectivity index (χ2n) is 5.28. The minimum Gasteiger partial charge on any atom is -0.358 e. The number of anilines is 1.